The van der Waals surface area contributed by atoms with Gasteiger partial charge < -0.3 is 5.32 Å². The maximum absolute atomic E-state index is 12.3. The van der Waals surface area contributed by atoms with Crippen molar-refractivity contribution in [2.45, 2.75) is 30.7 Å². The monoisotopic (exact) mass is 366 g/mol. The van der Waals surface area contributed by atoms with Crippen LogP contribution < -0.4 is 5.32 Å². The Morgan fingerprint density at radius 1 is 1.15 bits per heavy atom. The molecule has 0 aliphatic heterocycles. The van der Waals surface area contributed by atoms with Crippen LogP contribution in [-0.4, -0.2) is 32.9 Å². The minimum Gasteiger partial charge on any atom is -0.355 e. The Hall–Kier alpha value is -2.60. The smallest absolute Gasteiger partial charge is 0.233 e. The SMILES string of the molecule is Cc1ccc(-c2nc(S[C@@H](C)C(=O)NCCc3ccccc3)n[nH]2)cc1. The van der Waals surface area contributed by atoms with Gasteiger partial charge in [-0.1, -0.05) is 71.9 Å². The van der Waals surface area contributed by atoms with Gasteiger partial charge in [0, 0.05) is 12.1 Å². The minimum atomic E-state index is -0.257. The highest BCUT2D eigenvalue weighted by Crippen LogP contribution is 2.22. The van der Waals surface area contributed by atoms with Crippen molar-refractivity contribution >= 4 is 17.7 Å². The van der Waals surface area contributed by atoms with E-state index in [1.165, 1.54) is 22.9 Å². The van der Waals surface area contributed by atoms with E-state index in [4.69, 9.17) is 0 Å². The second kappa shape index (κ2) is 8.67. The van der Waals surface area contributed by atoms with Crippen LogP contribution in [0.3, 0.4) is 0 Å². The Balaban J connectivity index is 1.50. The molecule has 6 heteroatoms. The first kappa shape index (κ1) is 18.2. The summed E-state index contributed by atoms with van der Waals surface area (Å²) in [5.41, 5.74) is 3.39. The second-order valence-corrected chi connectivity index (χ2v) is 7.43. The van der Waals surface area contributed by atoms with Crippen LogP contribution in [0.2, 0.25) is 0 Å². The number of hydrogen-bond acceptors (Lipinski definition) is 4. The van der Waals surface area contributed by atoms with Crippen molar-refractivity contribution in [3.8, 4) is 11.4 Å². The third-order valence-electron chi connectivity index (χ3n) is 4.00. The van der Waals surface area contributed by atoms with E-state index in [1.807, 2.05) is 56.3 Å². The molecule has 2 aromatic carbocycles. The van der Waals surface area contributed by atoms with Gasteiger partial charge in [0.05, 0.1) is 5.25 Å². The highest BCUT2D eigenvalue weighted by Gasteiger charge is 2.17. The summed E-state index contributed by atoms with van der Waals surface area (Å²) in [4.78, 5) is 16.7. The number of aryl methyl sites for hydroxylation is 1. The molecule has 1 aromatic heterocycles. The fourth-order valence-electron chi connectivity index (χ4n) is 2.47. The average Bonchev–Trinajstić information content (AvgIpc) is 3.11. The maximum Gasteiger partial charge on any atom is 0.233 e. The Morgan fingerprint density at radius 2 is 1.88 bits per heavy atom. The summed E-state index contributed by atoms with van der Waals surface area (Å²) in [6, 6.07) is 18.2. The van der Waals surface area contributed by atoms with Crippen molar-refractivity contribution in [3.63, 3.8) is 0 Å². The number of carbonyl (C=O) groups is 1. The molecule has 3 aromatic rings. The Morgan fingerprint density at radius 3 is 2.62 bits per heavy atom. The summed E-state index contributed by atoms with van der Waals surface area (Å²) < 4.78 is 0. The largest absolute Gasteiger partial charge is 0.355 e. The molecule has 0 saturated carbocycles. The maximum atomic E-state index is 12.3. The molecule has 0 aliphatic rings. The third-order valence-corrected chi connectivity index (χ3v) is 4.96. The predicted molar refractivity (Wildman–Crippen MR) is 105 cm³/mol. The van der Waals surface area contributed by atoms with Crippen molar-refractivity contribution in [2.75, 3.05) is 6.54 Å². The summed E-state index contributed by atoms with van der Waals surface area (Å²) in [5.74, 6) is 0.705. The first-order valence-corrected chi connectivity index (χ1v) is 9.47. The molecule has 1 amide bonds. The van der Waals surface area contributed by atoms with Gasteiger partial charge in [0.2, 0.25) is 11.1 Å². The van der Waals surface area contributed by atoms with Gasteiger partial charge in [-0.05, 0) is 25.8 Å². The fourth-order valence-corrected chi connectivity index (χ4v) is 3.22. The number of nitrogens with one attached hydrogen (secondary N) is 2. The van der Waals surface area contributed by atoms with Crippen LogP contribution in [0.5, 0.6) is 0 Å². The van der Waals surface area contributed by atoms with Crippen LogP contribution in [0.4, 0.5) is 0 Å². The highest BCUT2D eigenvalue weighted by atomic mass is 32.2. The number of carbonyl (C=O) groups excluding carboxylic acids is 1. The number of nitrogens with zero attached hydrogens (tertiary/aromatic N) is 2. The van der Waals surface area contributed by atoms with Crippen molar-refractivity contribution in [1.82, 2.24) is 20.5 Å². The molecule has 3 rings (SSSR count). The van der Waals surface area contributed by atoms with Gasteiger partial charge in [-0.2, -0.15) is 0 Å². The molecular weight excluding hydrogens is 344 g/mol. The van der Waals surface area contributed by atoms with Crippen molar-refractivity contribution < 1.29 is 4.79 Å². The summed E-state index contributed by atoms with van der Waals surface area (Å²) >= 11 is 1.35. The zero-order chi connectivity index (χ0) is 18.4. The van der Waals surface area contributed by atoms with Crippen LogP contribution in [0.25, 0.3) is 11.4 Å². The lowest BCUT2D eigenvalue weighted by Gasteiger charge is -2.10. The molecule has 134 valence electrons. The number of amides is 1. The van der Waals surface area contributed by atoms with E-state index >= 15 is 0 Å². The summed E-state index contributed by atoms with van der Waals surface area (Å²) in [6.45, 7) is 4.53. The quantitative estimate of drug-likeness (QED) is 0.627. The van der Waals surface area contributed by atoms with E-state index in [2.05, 4.69) is 32.6 Å². The molecule has 1 heterocycles. The first-order valence-electron chi connectivity index (χ1n) is 8.59. The topological polar surface area (TPSA) is 70.7 Å². The number of thioether (sulfide) groups is 1. The lowest BCUT2D eigenvalue weighted by atomic mass is 10.1. The predicted octanol–water partition coefficient (Wildman–Crippen LogP) is 3.62. The molecule has 1 atom stereocenters. The molecule has 0 fully saturated rings. The molecule has 0 saturated heterocycles. The normalized spacial score (nSPS) is 11.9. The van der Waals surface area contributed by atoms with Crippen molar-refractivity contribution in [1.29, 1.82) is 0 Å². The van der Waals surface area contributed by atoms with Crippen LogP contribution in [-0.2, 0) is 11.2 Å². The first-order chi connectivity index (χ1) is 12.6. The van der Waals surface area contributed by atoms with E-state index in [0.717, 1.165) is 12.0 Å². The molecule has 2 N–H and O–H groups in total. The zero-order valence-corrected chi connectivity index (χ0v) is 15.7. The van der Waals surface area contributed by atoms with E-state index in [-0.39, 0.29) is 11.2 Å². The molecule has 0 unspecified atom stereocenters. The van der Waals surface area contributed by atoms with Crippen LogP contribution in [0.15, 0.2) is 59.8 Å². The summed E-state index contributed by atoms with van der Waals surface area (Å²) in [5, 5.41) is 10.4. The van der Waals surface area contributed by atoms with E-state index in [0.29, 0.717) is 17.5 Å². The fraction of sp³-hybridized carbons (Fsp3) is 0.250. The van der Waals surface area contributed by atoms with E-state index in [9.17, 15) is 4.79 Å². The number of H-pyrrole nitrogens is 1. The molecular formula is C20H22N4OS. The molecule has 0 aliphatic carbocycles. The summed E-state index contributed by atoms with van der Waals surface area (Å²) in [6.07, 6.45) is 0.822. The molecule has 0 spiro atoms. The van der Waals surface area contributed by atoms with Gasteiger partial charge in [-0.3, -0.25) is 9.89 Å². The van der Waals surface area contributed by atoms with Gasteiger partial charge in [0.25, 0.3) is 0 Å². The van der Waals surface area contributed by atoms with Gasteiger partial charge >= 0.3 is 0 Å². The highest BCUT2D eigenvalue weighted by molar-refractivity contribution is 8.00. The average molecular weight is 366 g/mol. The summed E-state index contributed by atoms with van der Waals surface area (Å²) in [7, 11) is 0. The van der Waals surface area contributed by atoms with E-state index in [1.54, 1.807) is 0 Å². The lowest BCUT2D eigenvalue weighted by Crippen LogP contribution is -2.32. The Bertz CT molecular complexity index is 846. The molecule has 5 nitrogen and oxygen atoms in total. The Kier molecular flexibility index (Phi) is 6.07. The van der Waals surface area contributed by atoms with Gasteiger partial charge in [-0.15, -0.1) is 5.10 Å². The second-order valence-electron chi connectivity index (χ2n) is 6.12. The minimum absolute atomic E-state index is 0.00684. The third kappa shape index (κ3) is 4.95. The molecule has 0 radical (unpaired) electrons. The van der Waals surface area contributed by atoms with Gasteiger partial charge in [0.15, 0.2) is 5.82 Å². The lowest BCUT2D eigenvalue weighted by molar-refractivity contribution is -0.120. The van der Waals surface area contributed by atoms with E-state index < -0.39 is 0 Å². The van der Waals surface area contributed by atoms with Gasteiger partial charge in [-0.25, -0.2) is 4.98 Å². The van der Waals surface area contributed by atoms with Crippen molar-refractivity contribution in [3.05, 3.63) is 65.7 Å². The zero-order valence-electron chi connectivity index (χ0n) is 14.9. The number of hydrogen-bond donors (Lipinski definition) is 2. The molecule has 26 heavy (non-hydrogen) atoms. The van der Waals surface area contributed by atoms with Gasteiger partial charge in [0.1, 0.15) is 0 Å². The Labute approximate surface area is 157 Å². The van der Waals surface area contributed by atoms with Crippen LogP contribution in [0, 0.1) is 6.92 Å². The standard InChI is InChI=1S/C20H22N4OS/c1-14-8-10-17(11-9-14)18-22-20(24-23-18)26-15(2)19(25)21-13-12-16-6-4-3-5-7-16/h3-11,15H,12-13H2,1-2H3,(H,21,25)(H,22,23,24)/t15-/m0/s1. The molecule has 0 bridgehead atoms. The number of rotatable bonds is 7. The van der Waals surface area contributed by atoms with Crippen molar-refractivity contribution in [2.24, 2.45) is 0 Å². The number of benzene rings is 2. The van der Waals surface area contributed by atoms with Crippen LogP contribution in [0.1, 0.15) is 18.1 Å². The number of aromatic nitrogens is 3. The van der Waals surface area contributed by atoms with Crippen LogP contribution >= 0.6 is 11.8 Å². The number of aromatic amines is 1.